The number of methoxy groups -OCH3 is 1. The zero-order valence-corrected chi connectivity index (χ0v) is 12.8. The van der Waals surface area contributed by atoms with Crippen LogP contribution in [0.5, 0.6) is 5.75 Å². The van der Waals surface area contributed by atoms with E-state index in [9.17, 15) is 13.6 Å². The number of amides is 1. The van der Waals surface area contributed by atoms with Gasteiger partial charge in [0.1, 0.15) is 11.4 Å². The van der Waals surface area contributed by atoms with Gasteiger partial charge in [-0.2, -0.15) is 0 Å². The van der Waals surface area contributed by atoms with E-state index in [4.69, 9.17) is 4.74 Å². The monoisotopic (exact) mass is 323 g/mol. The first kappa shape index (κ1) is 16.3. The summed E-state index contributed by atoms with van der Waals surface area (Å²) in [6.07, 6.45) is 0. The van der Waals surface area contributed by atoms with Crippen molar-refractivity contribution in [2.75, 3.05) is 19.4 Å². The van der Waals surface area contributed by atoms with Crippen molar-refractivity contribution in [3.63, 3.8) is 0 Å². The molecule has 0 spiro atoms. The minimum atomic E-state index is -0.813. The number of rotatable bonds is 6. The van der Waals surface area contributed by atoms with Crippen LogP contribution in [0.25, 0.3) is 0 Å². The van der Waals surface area contributed by atoms with E-state index in [1.54, 1.807) is 11.8 Å². The molecular formula is C16H15F2NO2S. The van der Waals surface area contributed by atoms with Crippen LogP contribution in [0.1, 0.15) is 10.4 Å². The van der Waals surface area contributed by atoms with Gasteiger partial charge in [-0.05, 0) is 24.3 Å². The van der Waals surface area contributed by atoms with Crippen LogP contribution in [0.2, 0.25) is 0 Å². The molecule has 0 saturated carbocycles. The molecule has 0 saturated heterocycles. The van der Waals surface area contributed by atoms with Gasteiger partial charge in [0.2, 0.25) is 0 Å². The molecule has 22 heavy (non-hydrogen) atoms. The molecular weight excluding hydrogens is 308 g/mol. The highest BCUT2D eigenvalue weighted by molar-refractivity contribution is 7.99. The third kappa shape index (κ3) is 3.98. The molecule has 0 aliphatic heterocycles. The van der Waals surface area contributed by atoms with Crippen molar-refractivity contribution in [1.82, 2.24) is 5.32 Å². The summed E-state index contributed by atoms with van der Waals surface area (Å²) in [6.45, 7) is 0.331. The Bertz CT molecular complexity index is 650. The van der Waals surface area contributed by atoms with E-state index in [1.165, 1.54) is 7.11 Å². The Kier molecular flexibility index (Phi) is 5.77. The Hall–Kier alpha value is -2.08. The molecule has 0 aromatic heterocycles. The number of halogens is 2. The van der Waals surface area contributed by atoms with E-state index in [0.29, 0.717) is 12.3 Å². The van der Waals surface area contributed by atoms with E-state index in [0.717, 1.165) is 17.0 Å². The van der Waals surface area contributed by atoms with Crippen molar-refractivity contribution in [3.05, 3.63) is 59.7 Å². The van der Waals surface area contributed by atoms with Gasteiger partial charge < -0.3 is 10.1 Å². The maximum Gasteiger partial charge on any atom is 0.258 e. The molecule has 2 aromatic rings. The average Bonchev–Trinajstić information content (AvgIpc) is 2.54. The van der Waals surface area contributed by atoms with Crippen LogP contribution in [0, 0.1) is 11.6 Å². The summed E-state index contributed by atoms with van der Waals surface area (Å²) in [5, 5.41) is 2.57. The van der Waals surface area contributed by atoms with Gasteiger partial charge in [-0.1, -0.05) is 18.2 Å². The van der Waals surface area contributed by atoms with Crippen molar-refractivity contribution in [1.29, 1.82) is 0 Å². The lowest BCUT2D eigenvalue weighted by Gasteiger charge is -2.11. The Morgan fingerprint density at radius 3 is 2.50 bits per heavy atom. The largest absolute Gasteiger partial charge is 0.493 e. The van der Waals surface area contributed by atoms with Gasteiger partial charge >= 0.3 is 0 Å². The van der Waals surface area contributed by atoms with Crippen molar-refractivity contribution in [2.45, 2.75) is 4.90 Å². The fraction of sp³-hybridized carbons (Fsp3) is 0.188. The van der Waals surface area contributed by atoms with Crippen molar-refractivity contribution >= 4 is 17.7 Å². The van der Waals surface area contributed by atoms with Gasteiger partial charge in [0.25, 0.3) is 5.91 Å². The molecule has 1 amide bonds. The predicted molar refractivity (Wildman–Crippen MR) is 82.4 cm³/mol. The van der Waals surface area contributed by atoms with Crippen molar-refractivity contribution < 1.29 is 18.3 Å². The van der Waals surface area contributed by atoms with Crippen LogP contribution in [0.15, 0.2) is 47.4 Å². The standard InChI is InChI=1S/C16H15F2NO2S/c1-21-15-13(18)8-7-12(17)14(15)16(20)19-9-10-22-11-5-3-2-4-6-11/h2-8H,9-10H2,1H3,(H,19,20). The third-order valence-electron chi connectivity index (χ3n) is 2.89. The molecule has 0 aliphatic carbocycles. The number of hydrogen-bond donors (Lipinski definition) is 1. The SMILES string of the molecule is COc1c(F)ccc(F)c1C(=O)NCCSc1ccccc1. The number of carbonyl (C=O) groups is 1. The number of carbonyl (C=O) groups excluding carboxylic acids is 1. The first-order chi connectivity index (χ1) is 10.6. The summed E-state index contributed by atoms with van der Waals surface area (Å²) in [6, 6.07) is 11.5. The number of ether oxygens (including phenoxy) is 1. The molecule has 0 bridgehead atoms. The topological polar surface area (TPSA) is 38.3 Å². The van der Waals surface area contributed by atoms with Crippen LogP contribution in [0.3, 0.4) is 0 Å². The lowest BCUT2D eigenvalue weighted by molar-refractivity contribution is 0.0948. The van der Waals surface area contributed by atoms with Crippen molar-refractivity contribution in [3.8, 4) is 5.75 Å². The van der Waals surface area contributed by atoms with E-state index in [1.807, 2.05) is 30.3 Å². The molecule has 0 aliphatic rings. The molecule has 2 aromatic carbocycles. The van der Waals surface area contributed by atoms with Crippen LogP contribution >= 0.6 is 11.8 Å². The summed E-state index contributed by atoms with van der Waals surface area (Å²) in [5.41, 5.74) is -0.410. The smallest absolute Gasteiger partial charge is 0.258 e. The highest BCUT2D eigenvalue weighted by Gasteiger charge is 2.20. The predicted octanol–water partition coefficient (Wildman–Crippen LogP) is 3.50. The molecule has 6 heteroatoms. The van der Waals surface area contributed by atoms with Gasteiger partial charge in [-0.15, -0.1) is 11.8 Å². The normalized spacial score (nSPS) is 10.3. The van der Waals surface area contributed by atoms with Crippen molar-refractivity contribution in [2.24, 2.45) is 0 Å². The highest BCUT2D eigenvalue weighted by Crippen LogP contribution is 2.25. The summed E-state index contributed by atoms with van der Waals surface area (Å²) >= 11 is 1.56. The first-order valence-electron chi connectivity index (χ1n) is 6.61. The second-order valence-corrected chi connectivity index (χ2v) is 5.52. The molecule has 116 valence electrons. The van der Waals surface area contributed by atoms with Gasteiger partial charge in [0.05, 0.1) is 7.11 Å². The van der Waals surface area contributed by atoms with Gasteiger partial charge in [-0.3, -0.25) is 4.79 Å². The van der Waals surface area contributed by atoms with E-state index in [-0.39, 0.29) is 5.75 Å². The molecule has 3 nitrogen and oxygen atoms in total. The fourth-order valence-electron chi connectivity index (χ4n) is 1.88. The Balaban J connectivity index is 1.94. The second kappa shape index (κ2) is 7.79. The Labute approximate surface area is 131 Å². The third-order valence-corrected chi connectivity index (χ3v) is 3.90. The maximum absolute atomic E-state index is 13.7. The van der Waals surface area contributed by atoms with Gasteiger partial charge in [-0.25, -0.2) is 8.78 Å². The number of thioether (sulfide) groups is 1. The first-order valence-corrected chi connectivity index (χ1v) is 7.60. The summed E-state index contributed by atoms with van der Waals surface area (Å²) in [7, 11) is 1.19. The molecule has 0 unspecified atom stereocenters. The lowest BCUT2D eigenvalue weighted by Crippen LogP contribution is -2.27. The zero-order chi connectivity index (χ0) is 15.9. The van der Waals surface area contributed by atoms with Gasteiger partial charge in [0, 0.05) is 17.2 Å². The lowest BCUT2D eigenvalue weighted by atomic mass is 10.1. The summed E-state index contributed by atoms with van der Waals surface area (Å²) in [5.74, 6) is -2.04. The number of hydrogen-bond acceptors (Lipinski definition) is 3. The Morgan fingerprint density at radius 2 is 1.82 bits per heavy atom. The summed E-state index contributed by atoms with van der Waals surface area (Å²) < 4.78 is 32.0. The molecule has 0 atom stereocenters. The molecule has 2 rings (SSSR count). The highest BCUT2D eigenvalue weighted by atomic mass is 32.2. The molecule has 0 fully saturated rings. The van der Waals surface area contributed by atoms with Crippen LogP contribution in [-0.4, -0.2) is 25.3 Å². The fourth-order valence-corrected chi connectivity index (χ4v) is 2.67. The minimum Gasteiger partial charge on any atom is -0.493 e. The Morgan fingerprint density at radius 1 is 1.14 bits per heavy atom. The number of benzene rings is 2. The molecule has 0 heterocycles. The van der Waals surface area contributed by atoms with Gasteiger partial charge in [0.15, 0.2) is 11.6 Å². The summed E-state index contributed by atoms with van der Waals surface area (Å²) in [4.78, 5) is 13.1. The van der Waals surface area contributed by atoms with E-state index >= 15 is 0 Å². The maximum atomic E-state index is 13.7. The van der Waals surface area contributed by atoms with Crippen LogP contribution in [-0.2, 0) is 0 Å². The second-order valence-electron chi connectivity index (χ2n) is 4.35. The average molecular weight is 323 g/mol. The quantitative estimate of drug-likeness (QED) is 0.653. The minimum absolute atomic E-state index is 0.331. The molecule has 0 radical (unpaired) electrons. The zero-order valence-electron chi connectivity index (χ0n) is 11.9. The van der Waals surface area contributed by atoms with Crippen LogP contribution in [0.4, 0.5) is 8.78 Å². The van der Waals surface area contributed by atoms with E-state index < -0.39 is 23.1 Å². The molecule has 1 N–H and O–H groups in total. The van der Waals surface area contributed by atoms with Crippen LogP contribution < -0.4 is 10.1 Å². The number of nitrogens with one attached hydrogen (secondary N) is 1. The van der Waals surface area contributed by atoms with E-state index in [2.05, 4.69) is 5.32 Å².